The molecule has 0 spiro atoms. The summed E-state index contributed by atoms with van der Waals surface area (Å²) in [7, 11) is 0. The molecule has 3 aliphatic heterocycles. The third kappa shape index (κ3) is 15.9. The molecule has 7 unspecified atom stereocenters. The zero-order valence-corrected chi connectivity index (χ0v) is 35.5. The largest absolute Gasteiger partial charge is 0.480 e. The molecule has 1 saturated heterocycles. The van der Waals surface area contributed by atoms with E-state index in [1.165, 1.54) is 18.3 Å². The second kappa shape index (κ2) is 25.1. The smallest absolute Gasteiger partial charge is 0.326 e. The zero-order chi connectivity index (χ0) is 45.9. The van der Waals surface area contributed by atoms with Crippen molar-refractivity contribution in [3.63, 3.8) is 0 Å². The number of aliphatic imine (C=N–C) groups is 3. The number of carbonyl (C=O) groups excluding carboxylic acids is 6. The molecule has 1 aromatic rings. The highest BCUT2D eigenvalue weighted by molar-refractivity contribution is 7.80. The minimum atomic E-state index is -1.46. The number of thiol groups is 1. The highest BCUT2D eigenvalue weighted by Gasteiger charge is 2.34. The topological polar surface area (TPSA) is 362 Å². The molecule has 23 nitrogen and oxygen atoms in total. The van der Waals surface area contributed by atoms with E-state index in [-0.39, 0.29) is 61.6 Å². The van der Waals surface area contributed by atoms with E-state index in [0.717, 1.165) is 6.42 Å². The van der Waals surface area contributed by atoms with Gasteiger partial charge in [0.1, 0.15) is 24.2 Å². The monoisotopic (exact) mass is 899 g/mol. The molecule has 344 valence electrons. The van der Waals surface area contributed by atoms with E-state index < -0.39 is 84.3 Å². The molecule has 1 aromatic carbocycles. The number of amides is 6. The van der Waals surface area contributed by atoms with Gasteiger partial charge in [0.25, 0.3) is 11.8 Å². The van der Waals surface area contributed by atoms with Crippen molar-refractivity contribution in [1.82, 2.24) is 37.2 Å². The number of nitrogens with one attached hydrogen (secondary N) is 8. The van der Waals surface area contributed by atoms with Crippen LogP contribution < -0.4 is 54.0 Å². The van der Waals surface area contributed by atoms with Crippen LogP contribution in [0.2, 0.25) is 0 Å². The summed E-state index contributed by atoms with van der Waals surface area (Å²) < 4.78 is 0. The summed E-state index contributed by atoms with van der Waals surface area (Å²) >= 11 is 4.21. The van der Waals surface area contributed by atoms with Crippen LogP contribution in [0.5, 0.6) is 0 Å². The van der Waals surface area contributed by atoms with Gasteiger partial charge in [-0.15, -0.1) is 0 Å². The highest BCUT2D eigenvalue weighted by atomic mass is 32.1. The van der Waals surface area contributed by atoms with Crippen molar-refractivity contribution in [3.05, 3.63) is 29.8 Å². The number of nitrogens with two attached hydrogens (primary N) is 2. The van der Waals surface area contributed by atoms with Crippen LogP contribution in [0.1, 0.15) is 74.6 Å². The van der Waals surface area contributed by atoms with Crippen LogP contribution in [0.25, 0.3) is 0 Å². The Bertz CT molecular complexity index is 1910. The first-order chi connectivity index (χ1) is 30.2. The molecule has 14 N–H and O–H groups in total. The molecule has 0 saturated carbocycles. The summed E-state index contributed by atoms with van der Waals surface area (Å²) in [4.78, 5) is 113. The Hall–Kier alpha value is -6.14. The molecule has 63 heavy (non-hydrogen) atoms. The molecule has 0 radical (unpaired) electrons. The van der Waals surface area contributed by atoms with Crippen LogP contribution in [0.4, 0.5) is 5.69 Å². The molecule has 3 aliphatic rings. The Morgan fingerprint density at radius 3 is 2.21 bits per heavy atom. The molecule has 7 atom stereocenters. The first-order valence-corrected chi connectivity index (χ1v) is 21.4. The van der Waals surface area contributed by atoms with Crippen LogP contribution in [-0.4, -0.2) is 150 Å². The number of guanidine groups is 1. The van der Waals surface area contributed by atoms with Crippen molar-refractivity contribution in [2.24, 2.45) is 26.4 Å². The van der Waals surface area contributed by atoms with E-state index in [0.29, 0.717) is 56.6 Å². The third-order valence-electron chi connectivity index (χ3n) is 10.3. The molecular formula is C39H57N13O10S. The van der Waals surface area contributed by atoms with Crippen LogP contribution in [0.15, 0.2) is 39.2 Å². The lowest BCUT2D eigenvalue weighted by Gasteiger charge is -2.25. The zero-order valence-electron chi connectivity index (χ0n) is 34.6. The van der Waals surface area contributed by atoms with E-state index in [1.807, 2.05) is 0 Å². The fourth-order valence-corrected chi connectivity index (χ4v) is 6.99. The molecule has 6 amide bonds. The molecule has 1 fully saturated rings. The number of nitrogens with zero attached hydrogens (tertiary/aromatic N) is 3. The minimum Gasteiger partial charge on any atom is -0.480 e. The summed E-state index contributed by atoms with van der Waals surface area (Å²) in [6.07, 6.45) is 3.73. The standard InChI is InChI=1S/C39H57N13O10S/c40-15-3-1-6-25(48-34(56)24-8-5-17-42-24)35(57)50-28(20-63)33(55)43-16-4-2-7-26(37(59)60)47-29(53)14-13-27(38(61)62)49-32(54)21-9-11-22(12-10-21)44-18-23-19-45-31-30(46-23)36(58)52-39(41)51-31/h9-12,19,24-28,30-31,42,44,63H,1-8,13-18,20,40H2,(H,43,55)(H,47,53)(H,48,56)(H,49,54)(H,50,57)(H,59,60)(H,61,62)(H3,41,51,52,58). The lowest BCUT2D eigenvalue weighted by atomic mass is 10.1. The number of unbranched alkanes of at least 4 members (excludes halogenated alkanes) is 2. The summed E-state index contributed by atoms with van der Waals surface area (Å²) in [6, 6.07) is 0.229. The normalized spacial score (nSPS) is 19.7. The molecule has 4 rings (SSSR count). The maximum Gasteiger partial charge on any atom is 0.326 e. The van der Waals surface area contributed by atoms with Crippen LogP contribution in [-0.2, 0) is 33.6 Å². The van der Waals surface area contributed by atoms with Gasteiger partial charge >= 0.3 is 11.9 Å². The van der Waals surface area contributed by atoms with Crippen LogP contribution >= 0.6 is 12.6 Å². The van der Waals surface area contributed by atoms with Crippen LogP contribution in [0, 0.1) is 0 Å². The summed E-state index contributed by atoms with van der Waals surface area (Å²) in [5.74, 6) is -5.95. The summed E-state index contributed by atoms with van der Waals surface area (Å²) in [5, 5.41) is 40.9. The minimum absolute atomic E-state index is 0.00186. The second-order valence-corrected chi connectivity index (χ2v) is 15.4. The van der Waals surface area contributed by atoms with Crippen molar-refractivity contribution >= 4 is 83.6 Å². The Kier molecular flexibility index (Phi) is 19.7. The van der Waals surface area contributed by atoms with Crippen molar-refractivity contribution in [3.8, 4) is 0 Å². The van der Waals surface area contributed by atoms with Gasteiger partial charge in [0.05, 0.1) is 18.3 Å². The van der Waals surface area contributed by atoms with E-state index >= 15 is 0 Å². The molecule has 0 bridgehead atoms. The third-order valence-corrected chi connectivity index (χ3v) is 10.6. The maximum absolute atomic E-state index is 13.1. The fourth-order valence-electron chi connectivity index (χ4n) is 6.73. The number of fused-ring (bicyclic) bond motifs is 1. The molecular weight excluding hydrogens is 843 g/mol. The molecule has 0 aromatic heterocycles. The Labute approximate surface area is 368 Å². The SMILES string of the molecule is NCCCCC(NC(=O)C1CCCN1)C(=O)NC(CS)C(=O)NCCCCC(NC(=O)CCC(NC(=O)c1ccc(NCC2=NC3C(=O)NC(N)=NC3N=C2)cc1)C(=O)O)C(=O)O. The Balaban J connectivity index is 1.16. The van der Waals surface area contributed by atoms with Gasteiger partial charge in [0, 0.05) is 36.2 Å². The number of rotatable bonds is 26. The number of anilines is 1. The molecule has 0 aliphatic carbocycles. The van der Waals surface area contributed by atoms with Gasteiger partial charge in [-0.3, -0.25) is 44.1 Å². The van der Waals surface area contributed by atoms with E-state index in [1.54, 1.807) is 12.1 Å². The van der Waals surface area contributed by atoms with Crippen LogP contribution in [0.3, 0.4) is 0 Å². The van der Waals surface area contributed by atoms with Crippen molar-refractivity contribution < 1.29 is 48.6 Å². The fraction of sp³-hybridized carbons (Fsp3) is 0.564. The second-order valence-electron chi connectivity index (χ2n) is 15.1. The van der Waals surface area contributed by atoms with Gasteiger partial charge in [0.15, 0.2) is 18.2 Å². The van der Waals surface area contributed by atoms with Gasteiger partial charge in [-0.2, -0.15) is 12.6 Å². The van der Waals surface area contributed by atoms with Gasteiger partial charge in [0.2, 0.25) is 23.6 Å². The van der Waals surface area contributed by atoms with E-state index in [4.69, 9.17) is 11.5 Å². The first kappa shape index (κ1) is 49.5. The summed E-state index contributed by atoms with van der Waals surface area (Å²) in [6.45, 7) is 1.47. The van der Waals surface area contributed by atoms with Gasteiger partial charge in [-0.1, -0.05) is 0 Å². The predicted molar refractivity (Wildman–Crippen MR) is 234 cm³/mol. The number of hydrogen-bond donors (Lipinski definition) is 13. The number of aliphatic carboxylic acids is 2. The van der Waals surface area contributed by atoms with Gasteiger partial charge in [-0.05, 0) is 95.1 Å². The van der Waals surface area contributed by atoms with E-state index in [9.17, 15) is 48.6 Å². The average Bonchev–Trinajstić information content (AvgIpc) is 3.81. The molecule has 24 heteroatoms. The Morgan fingerprint density at radius 1 is 0.841 bits per heavy atom. The first-order valence-electron chi connectivity index (χ1n) is 20.8. The number of carbonyl (C=O) groups is 8. The number of carboxylic acid groups (broad SMARTS) is 2. The Morgan fingerprint density at radius 2 is 1.54 bits per heavy atom. The van der Waals surface area contributed by atoms with E-state index in [2.05, 4.69) is 70.1 Å². The highest BCUT2D eigenvalue weighted by Crippen LogP contribution is 2.15. The van der Waals surface area contributed by atoms with Gasteiger partial charge in [-0.25, -0.2) is 14.6 Å². The predicted octanol–water partition coefficient (Wildman–Crippen LogP) is -2.64. The number of benzene rings is 1. The maximum atomic E-state index is 13.1. The average molecular weight is 900 g/mol. The van der Waals surface area contributed by atoms with Gasteiger partial charge < -0.3 is 58.9 Å². The number of carboxylic acids is 2. The lowest BCUT2D eigenvalue weighted by molar-refractivity contribution is -0.142. The molecule has 3 heterocycles. The lowest BCUT2D eigenvalue weighted by Crippen LogP contribution is -2.56. The van der Waals surface area contributed by atoms with Crippen molar-refractivity contribution in [2.45, 2.75) is 107 Å². The summed E-state index contributed by atoms with van der Waals surface area (Å²) in [5.41, 5.74) is 12.4. The number of hydrogen-bond acceptors (Lipinski definition) is 16. The van der Waals surface area contributed by atoms with Crippen molar-refractivity contribution in [1.29, 1.82) is 0 Å². The van der Waals surface area contributed by atoms with Crippen molar-refractivity contribution in [2.75, 3.05) is 37.2 Å². The quantitative estimate of drug-likeness (QED) is 0.0334.